The Morgan fingerprint density at radius 1 is 1.27 bits per heavy atom. The van der Waals surface area contributed by atoms with E-state index in [1.807, 2.05) is 15.8 Å². The summed E-state index contributed by atoms with van der Waals surface area (Å²) in [6, 6.07) is 6.95. The van der Waals surface area contributed by atoms with Crippen molar-refractivity contribution in [3.8, 4) is 0 Å². The van der Waals surface area contributed by atoms with Crippen LogP contribution < -0.4 is 0 Å². The topological polar surface area (TPSA) is 51.0 Å². The smallest absolute Gasteiger partial charge is 0.222 e. The molecule has 6 heteroatoms. The highest BCUT2D eigenvalue weighted by Crippen LogP contribution is 2.22. The van der Waals surface area contributed by atoms with Crippen LogP contribution in [-0.4, -0.2) is 38.9 Å². The average Bonchev–Trinajstić information content (AvgIpc) is 3.08. The molecule has 1 amide bonds. The van der Waals surface area contributed by atoms with Gasteiger partial charge in [-0.05, 0) is 30.9 Å². The lowest BCUT2D eigenvalue weighted by Gasteiger charge is -2.32. The molecule has 0 N–H and O–H groups in total. The minimum Gasteiger partial charge on any atom is -0.343 e. The van der Waals surface area contributed by atoms with E-state index >= 15 is 0 Å². The minimum absolute atomic E-state index is 0.0975. The van der Waals surface area contributed by atoms with Crippen LogP contribution in [0.5, 0.6) is 0 Å². The van der Waals surface area contributed by atoms with Crippen LogP contribution in [0.15, 0.2) is 36.7 Å². The van der Waals surface area contributed by atoms with E-state index in [-0.39, 0.29) is 11.7 Å². The number of hydrogen-bond acceptors (Lipinski definition) is 3. The zero-order valence-electron chi connectivity index (χ0n) is 12.4. The molecular formula is C16H19FN4O. The van der Waals surface area contributed by atoms with E-state index in [4.69, 9.17) is 0 Å². The molecule has 5 nitrogen and oxygen atoms in total. The fourth-order valence-corrected chi connectivity index (χ4v) is 2.89. The van der Waals surface area contributed by atoms with Gasteiger partial charge in [0.25, 0.3) is 0 Å². The molecule has 0 unspecified atom stereocenters. The normalized spacial score (nSPS) is 16.0. The molecule has 1 aliphatic rings. The van der Waals surface area contributed by atoms with Gasteiger partial charge in [-0.2, -0.15) is 0 Å². The van der Waals surface area contributed by atoms with Crippen molar-refractivity contribution < 1.29 is 9.18 Å². The summed E-state index contributed by atoms with van der Waals surface area (Å²) < 4.78 is 15.4. The molecule has 1 saturated heterocycles. The van der Waals surface area contributed by atoms with E-state index < -0.39 is 0 Å². The van der Waals surface area contributed by atoms with E-state index in [0.717, 1.165) is 25.9 Å². The van der Waals surface area contributed by atoms with Gasteiger partial charge >= 0.3 is 0 Å². The third kappa shape index (κ3) is 3.32. The first-order valence-corrected chi connectivity index (χ1v) is 7.61. The van der Waals surface area contributed by atoms with Crippen molar-refractivity contribution in [3.63, 3.8) is 0 Å². The lowest BCUT2D eigenvalue weighted by atomic mass is 10.0. The van der Waals surface area contributed by atoms with Crippen molar-refractivity contribution in [2.24, 2.45) is 0 Å². The summed E-state index contributed by atoms with van der Waals surface area (Å²) in [6.07, 6.45) is 6.11. The Morgan fingerprint density at radius 2 is 2.05 bits per heavy atom. The molecule has 2 aromatic rings. The molecular weight excluding hydrogens is 283 g/mol. The molecule has 0 radical (unpaired) electrons. The van der Waals surface area contributed by atoms with Crippen molar-refractivity contribution in [1.29, 1.82) is 0 Å². The molecule has 0 atom stereocenters. The van der Waals surface area contributed by atoms with Crippen molar-refractivity contribution in [2.75, 3.05) is 13.1 Å². The summed E-state index contributed by atoms with van der Waals surface area (Å²) in [4.78, 5) is 14.1. The van der Waals surface area contributed by atoms with Crippen molar-refractivity contribution in [2.45, 2.75) is 31.7 Å². The highest BCUT2D eigenvalue weighted by molar-refractivity contribution is 5.76. The van der Waals surface area contributed by atoms with Crippen LogP contribution in [0.3, 0.4) is 0 Å². The first kappa shape index (κ1) is 14.7. The molecule has 22 heavy (non-hydrogen) atoms. The van der Waals surface area contributed by atoms with Gasteiger partial charge in [-0.25, -0.2) is 9.07 Å². The zero-order chi connectivity index (χ0) is 15.4. The van der Waals surface area contributed by atoms with Crippen molar-refractivity contribution in [3.05, 3.63) is 48.0 Å². The van der Waals surface area contributed by atoms with Gasteiger partial charge in [0.05, 0.1) is 12.2 Å². The maximum absolute atomic E-state index is 13.6. The Balaban J connectivity index is 1.49. The van der Waals surface area contributed by atoms with E-state index in [1.165, 1.54) is 6.07 Å². The van der Waals surface area contributed by atoms with Crippen molar-refractivity contribution in [1.82, 2.24) is 19.9 Å². The number of aromatic nitrogens is 3. The molecule has 1 aromatic heterocycles. The predicted molar refractivity (Wildman–Crippen MR) is 79.6 cm³/mol. The second kappa shape index (κ2) is 6.68. The van der Waals surface area contributed by atoms with E-state index in [2.05, 4.69) is 10.3 Å². The number of benzene rings is 1. The van der Waals surface area contributed by atoms with Crippen LogP contribution in [0.2, 0.25) is 0 Å². The van der Waals surface area contributed by atoms with Crippen LogP contribution >= 0.6 is 0 Å². The van der Waals surface area contributed by atoms with Gasteiger partial charge in [-0.15, -0.1) is 5.10 Å². The number of nitrogens with zero attached hydrogens (tertiary/aromatic N) is 4. The standard InChI is InChI=1S/C16H19FN4O/c17-15-4-2-1-3-13(15)5-6-16(22)20-10-7-14(8-11-20)21-12-9-18-19-21/h1-4,9,12,14H,5-8,10-11H2. The minimum atomic E-state index is -0.236. The number of halogens is 1. The van der Waals surface area contributed by atoms with Crippen LogP contribution in [0, 0.1) is 5.82 Å². The summed E-state index contributed by atoms with van der Waals surface area (Å²) in [6.45, 7) is 1.45. The van der Waals surface area contributed by atoms with E-state index in [0.29, 0.717) is 24.4 Å². The molecule has 0 spiro atoms. The summed E-state index contributed by atoms with van der Waals surface area (Å²) >= 11 is 0. The fourth-order valence-electron chi connectivity index (χ4n) is 2.89. The second-order valence-corrected chi connectivity index (χ2v) is 5.59. The first-order valence-electron chi connectivity index (χ1n) is 7.61. The molecule has 3 rings (SSSR count). The number of hydrogen-bond donors (Lipinski definition) is 0. The number of aryl methyl sites for hydroxylation is 1. The molecule has 1 aromatic carbocycles. The molecule has 0 aliphatic carbocycles. The number of piperidine rings is 1. The monoisotopic (exact) mass is 302 g/mol. The largest absolute Gasteiger partial charge is 0.343 e. The van der Waals surface area contributed by atoms with Gasteiger partial charge < -0.3 is 4.90 Å². The van der Waals surface area contributed by atoms with Crippen LogP contribution in [0.1, 0.15) is 30.9 Å². The summed E-state index contributed by atoms with van der Waals surface area (Å²) in [5.41, 5.74) is 0.605. The van der Waals surface area contributed by atoms with Gasteiger partial charge in [-0.3, -0.25) is 4.79 Å². The molecule has 0 bridgehead atoms. The maximum Gasteiger partial charge on any atom is 0.222 e. The van der Waals surface area contributed by atoms with Gasteiger partial charge in [-0.1, -0.05) is 23.4 Å². The van der Waals surface area contributed by atoms with Gasteiger partial charge in [0.2, 0.25) is 5.91 Å². The Bertz CT molecular complexity index is 621. The molecule has 1 fully saturated rings. The predicted octanol–water partition coefficient (Wildman–Crippen LogP) is 2.21. The third-order valence-corrected chi connectivity index (χ3v) is 4.20. The highest BCUT2D eigenvalue weighted by atomic mass is 19.1. The maximum atomic E-state index is 13.6. The molecule has 0 saturated carbocycles. The Hall–Kier alpha value is -2.24. The van der Waals surface area contributed by atoms with E-state index in [1.54, 1.807) is 24.4 Å². The summed E-state index contributed by atoms with van der Waals surface area (Å²) in [7, 11) is 0. The summed E-state index contributed by atoms with van der Waals surface area (Å²) in [5, 5.41) is 7.84. The van der Waals surface area contributed by atoms with Crippen LogP contribution in [0.4, 0.5) is 4.39 Å². The Kier molecular flexibility index (Phi) is 4.46. The van der Waals surface area contributed by atoms with Crippen molar-refractivity contribution >= 4 is 5.91 Å². The first-order chi connectivity index (χ1) is 10.7. The molecule has 116 valence electrons. The van der Waals surface area contributed by atoms with Gasteiger partial charge in [0.15, 0.2) is 0 Å². The van der Waals surface area contributed by atoms with Gasteiger partial charge in [0, 0.05) is 25.7 Å². The van der Waals surface area contributed by atoms with Crippen LogP contribution in [-0.2, 0) is 11.2 Å². The van der Waals surface area contributed by atoms with E-state index in [9.17, 15) is 9.18 Å². The molecule has 2 heterocycles. The lowest BCUT2D eigenvalue weighted by Crippen LogP contribution is -2.39. The number of likely N-dealkylation sites (tertiary alicyclic amines) is 1. The Morgan fingerprint density at radius 3 is 2.73 bits per heavy atom. The fraction of sp³-hybridized carbons (Fsp3) is 0.438. The molecule has 1 aliphatic heterocycles. The second-order valence-electron chi connectivity index (χ2n) is 5.59. The number of rotatable bonds is 4. The number of amides is 1. The SMILES string of the molecule is O=C(CCc1ccccc1F)N1CCC(n2ccnn2)CC1. The zero-order valence-corrected chi connectivity index (χ0v) is 12.4. The van der Waals surface area contributed by atoms with Gasteiger partial charge in [0.1, 0.15) is 5.82 Å². The number of carbonyl (C=O) groups excluding carboxylic acids is 1. The average molecular weight is 302 g/mol. The highest BCUT2D eigenvalue weighted by Gasteiger charge is 2.24. The summed E-state index contributed by atoms with van der Waals surface area (Å²) in [5.74, 6) is -0.138. The lowest BCUT2D eigenvalue weighted by molar-refractivity contribution is -0.132. The third-order valence-electron chi connectivity index (χ3n) is 4.20. The quantitative estimate of drug-likeness (QED) is 0.870. The number of carbonyl (C=O) groups is 1. The van der Waals surface area contributed by atoms with Crippen LogP contribution in [0.25, 0.3) is 0 Å². The Labute approximate surface area is 128 Å².